The number of allylic oxidation sites excluding steroid dienone is 1. The third-order valence-electron chi connectivity index (χ3n) is 5.93. The number of carbonyl (C=O) groups excluding carboxylic acids is 1. The van der Waals surface area contributed by atoms with Crippen molar-refractivity contribution in [1.82, 2.24) is 20.2 Å². The largest absolute Gasteiger partial charge is 0.404 e. The Labute approximate surface area is 212 Å². The predicted octanol–water partition coefficient (Wildman–Crippen LogP) is 0.664. The van der Waals surface area contributed by atoms with Gasteiger partial charge in [0.1, 0.15) is 5.70 Å². The number of amidine groups is 2. The van der Waals surface area contributed by atoms with Gasteiger partial charge in [-0.3, -0.25) is 9.80 Å². The van der Waals surface area contributed by atoms with Gasteiger partial charge in [-0.1, -0.05) is 36.9 Å². The summed E-state index contributed by atoms with van der Waals surface area (Å²) in [6, 6.07) is 9.64. The van der Waals surface area contributed by atoms with Crippen LogP contribution in [0, 0.1) is 0 Å². The highest BCUT2D eigenvalue weighted by Crippen LogP contribution is 2.14. The van der Waals surface area contributed by atoms with E-state index in [-0.39, 0.29) is 18.3 Å². The van der Waals surface area contributed by atoms with Crippen molar-refractivity contribution in [2.75, 3.05) is 53.0 Å². The Morgan fingerprint density at radius 2 is 2.00 bits per heavy atom. The van der Waals surface area contributed by atoms with E-state index in [9.17, 15) is 9.90 Å². The van der Waals surface area contributed by atoms with Gasteiger partial charge in [0.05, 0.1) is 25.5 Å². The van der Waals surface area contributed by atoms with Crippen LogP contribution in [-0.4, -0.2) is 103 Å². The average Bonchev–Trinajstić information content (AvgIpc) is 3.35. The molecule has 0 aliphatic carbocycles. The van der Waals surface area contributed by atoms with Crippen LogP contribution in [0.4, 0.5) is 0 Å². The number of amides is 1. The number of likely N-dealkylation sites (N-methyl/N-ethyl adjacent to an activating group) is 1. The topological polar surface area (TPSA) is 131 Å². The monoisotopic (exact) mass is 496 g/mol. The highest BCUT2D eigenvalue weighted by Gasteiger charge is 2.31. The third kappa shape index (κ3) is 7.00. The first kappa shape index (κ1) is 27.1. The molecular weight excluding hydrogens is 460 g/mol. The zero-order valence-electron chi connectivity index (χ0n) is 21.0. The molecule has 2 aliphatic heterocycles. The summed E-state index contributed by atoms with van der Waals surface area (Å²) in [4.78, 5) is 21.5. The lowest BCUT2D eigenvalue weighted by atomic mass is 10.1. The Balaban J connectivity index is 1.93. The Hall–Kier alpha value is -3.54. The van der Waals surface area contributed by atoms with Crippen molar-refractivity contribution in [3.05, 3.63) is 54.4 Å². The second-order valence-electron chi connectivity index (χ2n) is 8.30. The maximum Gasteiger partial charge on any atom is 0.290 e. The van der Waals surface area contributed by atoms with Gasteiger partial charge in [-0.2, -0.15) is 5.10 Å². The molecular formula is C25H36N8O3. The standard InChI is InChI=1S/C25H36N8O3/c1-4-33(27-3)24(25(35)32-11-10-22(34)18-32)29-19(2)23(31-12-14-36-15-13-31)30-28-17-21(16-26)20-8-6-5-7-9-20/h5-9,16-17,22,27,34H,2,4,10-15,18,26H2,1,3H3/b21-16+,28-17-,29-24?,30-23+. The van der Waals surface area contributed by atoms with E-state index in [1.165, 1.54) is 6.20 Å². The number of aliphatic imine (C=N–C) groups is 1. The lowest BCUT2D eigenvalue weighted by Gasteiger charge is -2.30. The Kier molecular flexibility index (Phi) is 10.2. The molecule has 1 amide bonds. The minimum absolute atomic E-state index is 0.177. The Morgan fingerprint density at radius 1 is 1.28 bits per heavy atom. The Bertz CT molecular complexity index is 1010. The van der Waals surface area contributed by atoms with Gasteiger partial charge in [-0.05, 0) is 18.9 Å². The maximum absolute atomic E-state index is 13.3. The van der Waals surface area contributed by atoms with Crippen molar-refractivity contribution >= 4 is 29.4 Å². The molecule has 2 aliphatic rings. The van der Waals surface area contributed by atoms with E-state index in [1.54, 1.807) is 23.2 Å². The maximum atomic E-state index is 13.3. The zero-order chi connectivity index (χ0) is 25.9. The summed E-state index contributed by atoms with van der Waals surface area (Å²) in [5.74, 6) is 0.333. The van der Waals surface area contributed by atoms with Gasteiger partial charge in [-0.25, -0.2) is 10.4 Å². The van der Waals surface area contributed by atoms with Crippen molar-refractivity contribution in [3.8, 4) is 0 Å². The van der Waals surface area contributed by atoms with Crippen LogP contribution < -0.4 is 11.2 Å². The summed E-state index contributed by atoms with van der Waals surface area (Å²) < 4.78 is 5.49. The number of nitrogens with one attached hydrogen (secondary N) is 1. The minimum Gasteiger partial charge on any atom is -0.404 e. The fourth-order valence-electron chi connectivity index (χ4n) is 3.95. The second-order valence-corrected chi connectivity index (χ2v) is 8.30. The van der Waals surface area contributed by atoms with Gasteiger partial charge in [0.25, 0.3) is 5.91 Å². The van der Waals surface area contributed by atoms with Gasteiger partial charge in [0, 0.05) is 51.5 Å². The number of carbonyl (C=O) groups is 1. The molecule has 3 rings (SSSR count). The number of nitrogens with zero attached hydrogens (tertiary/aromatic N) is 6. The average molecular weight is 497 g/mol. The van der Waals surface area contributed by atoms with Crippen molar-refractivity contribution in [2.45, 2.75) is 19.4 Å². The molecule has 0 radical (unpaired) electrons. The quantitative estimate of drug-likeness (QED) is 0.287. The molecule has 36 heavy (non-hydrogen) atoms. The number of rotatable bonds is 7. The molecule has 0 aromatic heterocycles. The Morgan fingerprint density at radius 3 is 2.58 bits per heavy atom. The number of hydrogen-bond acceptors (Lipinski definition) is 8. The molecule has 2 fully saturated rings. The number of aliphatic hydroxyl groups excluding tert-OH is 1. The first-order valence-corrected chi connectivity index (χ1v) is 12.1. The molecule has 4 N–H and O–H groups in total. The van der Waals surface area contributed by atoms with E-state index in [4.69, 9.17) is 10.5 Å². The van der Waals surface area contributed by atoms with Crippen LogP contribution in [0.2, 0.25) is 0 Å². The van der Waals surface area contributed by atoms with E-state index >= 15 is 0 Å². The van der Waals surface area contributed by atoms with Gasteiger partial charge in [-0.15, -0.1) is 5.10 Å². The SMILES string of the molecule is C=C(N=C(C(=O)N1CCC(O)C1)N(CC)NC)\C(=N/N=C\C(=C/N)c1ccccc1)N1CCOCC1. The minimum atomic E-state index is -0.530. The van der Waals surface area contributed by atoms with Gasteiger partial charge in [0.15, 0.2) is 5.84 Å². The van der Waals surface area contributed by atoms with E-state index in [0.29, 0.717) is 62.9 Å². The second kappa shape index (κ2) is 13.5. The third-order valence-corrected chi connectivity index (χ3v) is 5.93. The van der Waals surface area contributed by atoms with Gasteiger partial charge < -0.3 is 25.4 Å². The number of hydrogen-bond donors (Lipinski definition) is 3. The molecule has 1 aromatic carbocycles. The van der Waals surface area contributed by atoms with Crippen LogP contribution in [0.3, 0.4) is 0 Å². The summed E-state index contributed by atoms with van der Waals surface area (Å²) in [7, 11) is 1.72. The van der Waals surface area contributed by atoms with Crippen LogP contribution in [-0.2, 0) is 9.53 Å². The lowest BCUT2D eigenvalue weighted by molar-refractivity contribution is -0.124. The van der Waals surface area contributed by atoms with Gasteiger partial charge >= 0.3 is 0 Å². The molecule has 11 nitrogen and oxygen atoms in total. The number of morpholine rings is 1. The normalized spacial score (nSPS) is 19.8. The molecule has 1 aromatic rings. The molecule has 0 saturated carbocycles. The van der Waals surface area contributed by atoms with Crippen molar-refractivity contribution in [2.24, 2.45) is 20.9 Å². The summed E-state index contributed by atoms with van der Waals surface area (Å²) in [6.45, 7) is 9.52. The number of benzene rings is 1. The van der Waals surface area contributed by atoms with E-state index < -0.39 is 6.10 Å². The van der Waals surface area contributed by atoms with Crippen LogP contribution in [0.1, 0.15) is 18.9 Å². The van der Waals surface area contributed by atoms with Crippen LogP contribution in [0.5, 0.6) is 0 Å². The summed E-state index contributed by atoms with van der Waals surface area (Å²) >= 11 is 0. The fraction of sp³-hybridized carbons (Fsp3) is 0.440. The number of hydrazine groups is 1. The number of nitrogens with two attached hydrogens (primary N) is 1. The lowest BCUT2D eigenvalue weighted by Crippen LogP contribution is -2.50. The molecule has 1 atom stereocenters. The highest BCUT2D eigenvalue weighted by atomic mass is 16.5. The van der Waals surface area contributed by atoms with Crippen molar-refractivity contribution in [1.29, 1.82) is 0 Å². The number of likely N-dealkylation sites (tertiary alicyclic amines) is 1. The summed E-state index contributed by atoms with van der Waals surface area (Å²) in [5.41, 5.74) is 10.7. The van der Waals surface area contributed by atoms with Gasteiger partial charge in [0.2, 0.25) is 5.84 Å². The van der Waals surface area contributed by atoms with Crippen molar-refractivity contribution < 1.29 is 14.6 Å². The van der Waals surface area contributed by atoms with E-state index in [1.807, 2.05) is 42.2 Å². The molecule has 0 bridgehead atoms. The molecule has 2 saturated heterocycles. The number of aliphatic hydroxyl groups is 1. The molecule has 0 spiro atoms. The summed E-state index contributed by atoms with van der Waals surface area (Å²) in [5, 5.41) is 20.3. The number of β-amino-alcohol motifs (C(OH)–C–C–N with tert-alkyl or cyclic N) is 1. The van der Waals surface area contributed by atoms with E-state index in [2.05, 4.69) is 27.2 Å². The smallest absolute Gasteiger partial charge is 0.290 e. The highest BCUT2D eigenvalue weighted by molar-refractivity contribution is 6.38. The molecule has 1 unspecified atom stereocenters. The van der Waals surface area contributed by atoms with E-state index in [0.717, 1.165) is 5.56 Å². The molecule has 11 heteroatoms. The molecule has 2 heterocycles. The zero-order valence-corrected chi connectivity index (χ0v) is 21.0. The van der Waals surface area contributed by atoms with Crippen LogP contribution >= 0.6 is 0 Å². The van der Waals surface area contributed by atoms with Crippen LogP contribution in [0.15, 0.2) is 64.0 Å². The molecule has 194 valence electrons. The predicted molar refractivity (Wildman–Crippen MR) is 142 cm³/mol. The van der Waals surface area contributed by atoms with Crippen molar-refractivity contribution in [3.63, 3.8) is 0 Å². The first-order valence-electron chi connectivity index (χ1n) is 12.1. The summed E-state index contributed by atoms with van der Waals surface area (Å²) in [6.07, 6.45) is 3.07. The number of ether oxygens (including phenoxy) is 1. The first-order chi connectivity index (χ1) is 17.5. The van der Waals surface area contributed by atoms with Crippen LogP contribution in [0.25, 0.3) is 5.57 Å². The fourth-order valence-corrected chi connectivity index (χ4v) is 3.95.